The lowest BCUT2D eigenvalue weighted by Gasteiger charge is -2.14. The Labute approximate surface area is 862 Å². The van der Waals surface area contributed by atoms with E-state index in [1.54, 1.807) is 0 Å². The van der Waals surface area contributed by atoms with Crippen molar-refractivity contribution >= 4 is 186 Å². The first-order valence-electron chi connectivity index (χ1n) is 51.1. The molecule has 0 aliphatic heterocycles. The van der Waals surface area contributed by atoms with Crippen molar-refractivity contribution in [1.82, 2.24) is 18.3 Å². The third-order valence-electron chi connectivity index (χ3n) is 30.1. The quantitative estimate of drug-likeness (QED) is 0.129. The molecule has 0 fully saturated rings. The Morgan fingerprint density at radius 1 is 0.107 bits per heavy atom. The topological polar surface area (TPSA) is 72.3 Å². The van der Waals surface area contributed by atoms with Gasteiger partial charge in [0.25, 0.3) is 0 Å². The average molecular weight is 1920 g/mol. The molecule has 8 nitrogen and oxygen atoms in total. The van der Waals surface area contributed by atoms with Crippen LogP contribution < -0.4 is 0 Å². The largest absolute Gasteiger partial charge is 0.456 e. The van der Waals surface area contributed by atoms with E-state index in [0.717, 1.165) is 111 Å². The molecule has 150 heavy (non-hydrogen) atoms. The molecule has 24 aromatic carbocycles. The Kier molecular flexibility index (Phi) is 20.8. The van der Waals surface area contributed by atoms with Crippen LogP contribution in [0.1, 0.15) is 0 Å². The summed E-state index contributed by atoms with van der Waals surface area (Å²) in [7, 11) is 0. The fraction of sp³-hybridized carbons (Fsp3) is 0. The second kappa shape index (κ2) is 36.1. The average Bonchev–Trinajstić information content (AvgIpc) is 1.57. The lowest BCUT2D eigenvalue weighted by Crippen LogP contribution is -1.96. The highest BCUT2D eigenvalue weighted by molar-refractivity contribution is 6.22. The van der Waals surface area contributed by atoms with Gasteiger partial charge in [0.2, 0.25) is 0 Å². The van der Waals surface area contributed by atoms with Crippen LogP contribution in [-0.2, 0) is 0 Å². The summed E-state index contributed by atoms with van der Waals surface area (Å²) >= 11 is 0. The van der Waals surface area contributed by atoms with E-state index in [-0.39, 0.29) is 0 Å². The predicted molar refractivity (Wildman–Crippen MR) is 628 cm³/mol. The number of rotatable bonds is 11. The molecule has 0 N–H and O–H groups in total. The fourth-order valence-corrected chi connectivity index (χ4v) is 23.1. The molecule has 0 atom stereocenters. The Morgan fingerprint density at radius 3 is 0.667 bits per heavy atom. The van der Waals surface area contributed by atoms with Gasteiger partial charge in [-0.3, -0.25) is 0 Å². The molecule has 0 aliphatic rings. The summed E-state index contributed by atoms with van der Waals surface area (Å²) in [6.07, 6.45) is 0. The molecule has 702 valence electrons. The van der Waals surface area contributed by atoms with E-state index in [1.807, 2.05) is 48.5 Å². The number of para-hydroxylation sites is 8. The summed E-state index contributed by atoms with van der Waals surface area (Å²) in [4.78, 5) is 0. The van der Waals surface area contributed by atoms with Crippen LogP contribution in [0.15, 0.2) is 564 Å². The zero-order valence-corrected chi connectivity index (χ0v) is 81.4. The van der Waals surface area contributed by atoms with E-state index in [1.165, 1.54) is 176 Å². The van der Waals surface area contributed by atoms with E-state index < -0.39 is 0 Å². The van der Waals surface area contributed by atoms with Crippen LogP contribution >= 0.6 is 0 Å². The Morgan fingerprint density at radius 2 is 0.347 bits per heavy atom. The van der Waals surface area contributed by atoms with Crippen molar-refractivity contribution < 1.29 is 17.7 Å². The number of hydrogen-bond acceptors (Lipinski definition) is 4. The molecular weight excluding hydrogens is 1830 g/mol. The molecule has 8 aromatic heterocycles. The number of furan rings is 4. The summed E-state index contributed by atoms with van der Waals surface area (Å²) in [6.45, 7) is 0. The van der Waals surface area contributed by atoms with Gasteiger partial charge in [-0.1, -0.05) is 376 Å². The van der Waals surface area contributed by atoms with E-state index in [2.05, 4.69) is 516 Å². The standard InChI is InChI=1S/C42H27NO.C36H23NO.C34H21NO.C30H19NO/c1-3-11-28(12-4-1)31-23-32(29-13-5-2-6-14-29)25-33(24-31)30-19-21-34(22-20-30)43-39-17-9-7-15-35(39)37-27-42-38(26-40(37)43)36-16-8-10-18-41(36)44-42;1-3-11-24(12-4-1)26-19-27(25-13-5-2-6-14-25)21-28(20-26)37-33-17-9-7-15-29(33)31-23-36-32(22-34(31)37)30-16-8-10-18-35(30)38-36;1-2-9-22(10-3-1)25-14-8-11-23-19-24(17-18-26(23)25)35-31-15-6-4-12-27(31)29-21-34-30(20-32(29)35)28-13-5-7-16-33(28)36-34;1-2-8-20(9-3-1)21-14-16-22(17-15-21)31-27-12-6-4-10-23(27)25-19-30-26(18-28(25)31)24-11-5-7-13-29(24)32-30/h1-27H;1-23H;1-21H;1-19H. The lowest BCUT2D eigenvalue weighted by molar-refractivity contribution is 0.669. The zero-order chi connectivity index (χ0) is 98.8. The van der Waals surface area contributed by atoms with Crippen molar-refractivity contribution in [2.45, 2.75) is 0 Å². The highest BCUT2D eigenvalue weighted by atomic mass is 16.3. The summed E-state index contributed by atoms with van der Waals surface area (Å²) < 4.78 is 34.5. The molecule has 32 rings (SSSR count). The first-order chi connectivity index (χ1) is 74.3. The maximum absolute atomic E-state index is 6.27. The zero-order valence-electron chi connectivity index (χ0n) is 81.4. The van der Waals surface area contributed by atoms with Gasteiger partial charge in [-0.15, -0.1) is 0 Å². The predicted octanol–water partition coefficient (Wildman–Crippen LogP) is 39.6. The third-order valence-corrected chi connectivity index (χ3v) is 30.1. The molecule has 0 saturated carbocycles. The lowest BCUT2D eigenvalue weighted by atomic mass is 9.93. The SMILES string of the molecule is c1ccc(-c2cc(-c3ccccc3)cc(-c3ccc(-n4c5ccccc5c5cc6oc7ccccc7c6cc54)cc3)c2)cc1.c1ccc(-c2cc(-c3ccccc3)cc(-n3c4ccccc4c4cc5oc6ccccc6c5cc43)c2)cc1.c1ccc(-c2ccc(-n3c4ccccc4c4cc5oc6ccccc6c5cc43)cc2)cc1.c1ccc(-c2cccc3cc(-n4c5ccccc5c5cc6oc7ccccc7c6cc54)ccc23)cc1. The highest BCUT2D eigenvalue weighted by Gasteiger charge is 2.25. The minimum atomic E-state index is 0.919. The van der Waals surface area contributed by atoms with E-state index >= 15 is 0 Å². The molecule has 8 heterocycles. The third kappa shape index (κ3) is 15.0. The first kappa shape index (κ1) is 86.6. The van der Waals surface area contributed by atoms with Gasteiger partial charge in [0.15, 0.2) is 0 Å². The summed E-state index contributed by atoms with van der Waals surface area (Å²) in [6, 6.07) is 194. The van der Waals surface area contributed by atoms with Crippen LogP contribution in [0.3, 0.4) is 0 Å². The number of nitrogens with zero attached hydrogens (tertiary/aromatic N) is 4. The number of benzene rings is 24. The van der Waals surface area contributed by atoms with Crippen LogP contribution in [-0.4, -0.2) is 18.3 Å². The number of fused-ring (bicyclic) bond motifs is 25. The van der Waals surface area contributed by atoms with Gasteiger partial charge in [-0.2, -0.15) is 0 Å². The van der Waals surface area contributed by atoms with Crippen molar-refractivity contribution in [2.75, 3.05) is 0 Å². The Bertz CT molecular complexity index is 10800. The molecule has 0 amide bonds. The van der Waals surface area contributed by atoms with Crippen LogP contribution in [0.4, 0.5) is 0 Å². The number of hydrogen-bond donors (Lipinski definition) is 0. The summed E-state index contributed by atoms with van der Waals surface area (Å²) in [5.41, 5.74) is 38.5. The molecule has 0 radical (unpaired) electrons. The molecule has 0 bridgehead atoms. The molecule has 0 spiro atoms. The maximum Gasteiger partial charge on any atom is 0.136 e. The highest BCUT2D eigenvalue weighted by Crippen LogP contribution is 2.48. The minimum absolute atomic E-state index is 0.919. The molecule has 8 heteroatoms. The smallest absolute Gasteiger partial charge is 0.136 e. The molecular formula is C142H90N4O4. The second-order valence-electron chi connectivity index (χ2n) is 38.8. The van der Waals surface area contributed by atoms with E-state index in [4.69, 9.17) is 17.7 Å². The normalized spacial score (nSPS) is 11.7. The molecule has 32 aromatic rings. The van der Waals surface area contributed by atoms with Crippen molar-refractivity contribution in [3.05, 3.63) is 546 Å². The van der Waals surface area contributed by atoms with E-state index in [9.17, 15) is 0 Å². The van der Waals surface area contributed by atoms with Crippen molar-refractivity contribution in [3.8, 4) is 101 Å². The van der Waals surface area contributed by atoms with Crippen LogP contribution in [0, 0.1) is 0 Å². The van der Waals surface area contributed by atoms with E-state index in [0.29, 0.717) is 0 Å². The Hall–Kier alpha value is -20.1. The molecule has 0 unspecified atom stereocenters. The summed E-state index contributed by atoms with van der Waals surface area (Å²) in [5, 5.41) is 21.4. The minimum Gasteiger partial charge on any atom is -0.456 e. The first-order valence-corrected chi connectivity index (χ1v) is 51.1. The van der Waals surface area contributed by atoms with Gasteiger partial charge in [0, 0.05) is 109 Å². The molecule has 0 saturated heterocycles. The van der Waals surface area contributed by atoms with Crippen LogP contribution in [0.2, 0.25) is 0 Å². The Balaban J connectivity index is 0.0000000944. The van der Waals surface area contributed by atoms with Gasteiger partial charge in [0.1, 0.15) is 44.7 Å². The van der Waals surface area contributed by atoms with Gasteiger partial charge in [-0.05, 0) is 259 Å². The number of aromatic nitrogens is 4. The van der Waals surface area contributed by atoms with Gasteiger partial charge in [-0.25, -0.2) is 0 Å². The molecule has 0 aliphatic carbocycles. The monoisotopic (exact) mass is 1910 g/mol. The van der Waals surface area contributed by atoms with Crippen LogP contribution in [0.5, 0.6) is 0 Å². The maximum atomic E-state index is 6.27. The fourth-order valence-electron chi connectivity index (χ4n) is 23.1. The van der Waals surface area contributed by atoms with Gasteiger partial charge >= 0.3 is 0 Å². The second-order valence-corrected chi connectivity index (χ2v) is 38.8. The van der Waals surface area contributed by atoms with Crippen molar-refractivity contribution in [3.63, 3.8) is 0 Å². The van der Waals surface area contributed by atoms with Crippen molar-refractivity contribution in [2.24, 2.45) is 0 Å². The van der Waals surface area contributed by atoms with Gasteiger partial charge in [0.05, 0.1) is 44.1 Å². The van der Waals surface area contributed by atoms with Crippen LogP contribution in [0.25, 0.3) is 286 Å². The summed E-state index contributed by atoms with van der Waals surface area (Å²) in [5.74, 6) is 0. The van der Waals surface area contributed by atoms with Crippen molar-refractivity contribution in [1.29, 1.82) is 0 Å². The van der Waals surface area contributed by atoms with Gasteiger partial charge < -0.3 is 35.9 Å².